The Morgan fingerprint density at radius 2 is 1.66 bits per heavy atom. The lowest BCUT2D eigenvalue weighted by atomic mass is 10.0. The SMILES string of the molecule is CCn1c(CCCN2C(=O)c3ccccc3C2=O)nc2sc(N3CCC[C@@H]3C(=O)CCc3ccccc3)nc2c1=O. The molecule has 2 aromatic carbocycles. The molecule has 2 aliphatic heterocycles. The molecule has 1 fully saturated rings. The summed E-state index contributed by atoms with van der Waals surface area (Å²) in [6, 6.07) is 16.6. The molecule has 2 aliphatic rings. The van der Waals surface area contributed by atoms with Crippen molar-refractivity contribution in [2.24, 2.45) is 0 Å². The van der Waals surface area contributed by atoms with Gasteiger partial charge in [-0.05, 0) is 50.3 Å². The number of carbonyl (C=O) groups is 3. The van der Waals surface area contributed by atoms with Crippen molar-refractivity contribution in [1.29, 1.82) is 0 Å². The van der Waals surface area contributed by atoms with Gasteiger partial charge in [0.15, 0.2) is 21.3 Å². The number of anilines is 1. The summed E-state index contributed by atoms with van der Waals surface area (Å²) in [4.78, 5) is 65.4. The highest BCUT2D eigenvalue weighted by Gasteiger charge is 2.35. The lowest BCUT2D eigenvalue weighted by Gasteiger charge is -2.22. The molecule has 0 saturated carbocycles. The second-order valence-electron chi connectivity index (χ2n) is 10.4. The van der Waals surface area contributed by atoms with Crippen LogP contribution in [0, 0.1) is 0 Å². The van der Waals surface area contributed by atoms with E-state index in [4.69, 9.17) is 4.98 Å². The molecule has 0 N–H and O–H groups in total. The molecule has 1 saturated heterocycles. The molecule has 4 aromatic rings. The van der Waals surface area contributed by atoms with Gasteiger partial charge >= 0.3 is 0 Å². The van der Waals surface area contributed by atoms with Crippen LogP contribution in [0.2, 0.25) is 0 Å². The molecule has 0 spiro atoms. The standard InChI is InChI=1S/C31H31N5O4S/c1-2-34-25(15-9-19-36-28(38)21-12-6-7-13-22(21)29(36)39)32-27-26(30(34)40)33-31(41-27)35-18-8-14-23(35)24(37)17-16-20-10-4-3-5-11-20/h3-7,10-13,23H,2,8-9,14-19H2,1H3/t23-/m1/s1. The lowest BCUT2D eigenvalue weighted by Crippen LogP contribution is -2.36. The number of ketones is 1. The first-order valence-corrected chi connectivity index (χ1v) is 15.0. The average Bonchev–Trinajstić information content (AvgIpc) is 3.71. The number of benzene rings is 2. The van der Waals surface area contributed by atoms with E-state index < -0.39 is 0 Å². The molecule has 4 heterocycles. The molecule has 6 rings (SSSR count). The lowest BCUT2D eigenvalue weighted by molar-refractivity contribution is -0.120. The maximum Gasteiger partial charge on any atom is 0.281 e. The maximum absolute atomic E-state index is 13.4. The summed E-state index contributed by atoms with van der Waals surface area (Å²) in [5.41, 5.74) is 2.11. The van der Waals surface area contributed by atoms with Crippen molar-refractivity contribution in [3.63, 3.8) is 0 Å². The Hall–Kier alpha value is -4.18. The number of aromatic nitrogens is 3. The molecule has 0 radical (unpaired) electrons. The van der Waals surface area contributed by atoms with Crippen LogP contribution >= 0.6 is 11.3 Å². The first-order valence-electron chi connectivity index (χ1n) is 14.1. The van der Waals surface area contributed by atoms with Crippen LogP contribution in [-0.4, -0.2) is 56.2 Å². The zero-order valence-corrected chi connectivity index (χ0v) is 23.7. The van der Waals surface area contributed by atoms with Crippen molar-refractivity contribution >= 4 is 44.4 Å². The van der Waals surface area contributed by atoms with E-state index in [9.17, 15) is 19.2 Å². The van der Waals surface area contributed by atoms with E-state index in [0.29, 0.717) is 64.7 Å². The largest absolute Gasteiger partial charge is 0.338 e. The summed E-state index contributed by atoms with van der Waals surface area (Å²) in [6.07, 6.45) is 3.76. The van der Waals surface area contributed by atoms with Gasteiger partial charge in [-0.1, -0.05) is 53.8 Å². The maximum atomic E-state index is 13.4. The Morgan fingerprint density at radius 1 is 0.951 bits per heavy atom. The monoisotopic (exact) mass is 569 g/mol. The van der Waals surface area contributed by atoms with Crippen molar-refractivity contribution < 1.29 is 14.4 Å². The summed E-state index contributed by atoms with van der Waals surface area (Å²) in [5, 5.41) is 0.658. The van der Waals surface area contributed by atoms with Crippen LogP contribution in [0.25, 0.3) is 10.3 Å². The second-order valence-corrected chi connectivity index (χ2v) is 11.4. The molecule has 210 valence electrons. The van der Waals surface area contributed by atoms with Crippen LogP contribution in [0.15, 0.2) is 59.4 Å². The van der Waals surface area contributed by atoms with Gasteiger partial charge in [0.25, 0.3) is 17.4 Å². The Balaban J connectivity index is 1.18. The van der Waals surface area contributed by atoms with Crippen molar-refractivity contribution in [1.82, 2.24) is 19.4 Å². The quantitative estimate of drug-likeness (QED) is 0.263. The number of hydrogen-bond donors (Lipinski definition) is 0. The van der Waals surface area contributed by atoms with Gasteiger partial charge in [-0.3, -0.25) is 28.6 Å². The third-order valence-electron chi connectivity index (χ3n) is 7.94. The van der Waals surface area contributed by atoms with Crippen molar-refractivity contribution in [3.8, 4) is 0 Å². The highest BCUT2D eigenvalue weighted by atomic mass is 32.1. The molecule has 41 heavy (non-hydrogen) atoms. The molecule has 0 unspecified atom stereocenters. The smallest absolute Gasteiger partial charge is 0.281 e. The summed E-state index contributed by atoms with van der Waals surface area (Å²) >= 11 is 1.35. The predicted molar refractivity (Wildman–Crippen MR) is 158 cm³/mol. The number of aryl methyl sites for hydroxylation is 2. The summed E-state index contributed by atoms with van der Waals surface area (Å²) < 4.78 is 1.61. The van der Waals surface area contributed by atoms with Crippen LogP contribution in [0.1, 0.15) is 64.7 Å². The van der Waals surface area contributed by atoms with E-state index in [1.165, 1.54) is 16.2 Å². The first kappa shape index (κ1) is 27.0. The minimum Gasteiger partial charge on any atom is -0.338 e. The van der Waals surface area contributed by atoms with Gasteiger partial charge in [-0.2, -0.15) is 0 Å². The fraction of sp³-hybridized carbons (Fsp3) is 0.355. The number of Topliss-reactive ketones (excluding diaryl/α,β-unsaturated/α-hetero) is 1. The minimum atomic E-state index is -0.285. The van der Waals surface area contributed by atoms with E-state index in [1.807, 2.05) is 42.2 Å². The minimum absolute atomic E-state index is 0.193. The molecule has 9 nitrogen and oxygen atoms in total. The molecular weight excluding hydrogens is 538 g/mol. The van der Waals surface area contributed by atoms with Gasteiger partial charge in [0.1, 0.15) is 5.82 Å². The fourth-order valence-corrected chi connectivity index (χ4v) is 6.85. The first-order chi connectivity index (χ1) is 20.0. The Bertz CT molecular complexity index is 1660. The number of thiazole rings is 1. The van der Waals surface area contributed by atoms with Crippen LogP contribution in [0.5, 0.6) is 0 Å². The molecular formula is C31H31N5O4S. The third kappa shape index (κ3) is 5.08. The average molecular weight is 570 g/mol. The van der Waals surface area contributed by atoms with Gasteiger partial charge in [0.05, 0.1) is 17.2 Å². The predicted octanol–water partition coefficient (Wildman–Crippen LogP) is 4.27. The third-order valence-corrected chi connectivity index (χ3v) is 8.92. The molecule has 2 aromatic heterocycles. The highest BCUT2D eigenvalue weighted by molar-refractivity contribution is 7.21. The van der Waals surface area contributed by atoms with E-state index in [-0.39, 0.29) is 35.7 Å². The van der Waals surface area contributed by atoms with Gasteiger partial charge in [-0.15, -0.1) is 0 Å². The van der Waals surface area contributed by atoms with Gasteiger partial charge < -0.3 is 4.90 Å². The molecule has 2 amide bonds. The molecule has 0 bridgehead atoms. The summed E-state index contributed by atoms with van der Waals surface area (Å²) in [5.74, 6) is 0.229. The number of amides is 2. The van der Waals surface area contributed by atoms with Crippen LogP contribution < -0.4 is 10.5 Å². The number of hydrogen-bond acceptors (Lipinski definition) is 8. The number of nitrogens with zero attached hydrogens (tertiary/aromatic N) is 5. The van der Waals surface area contributed by atoms with Crippen molar-refractivity contribution in [2.45, 2.75) is 58.0 Å². The number of imide groups is 1. The van der Waals surface area contributed by atoms with Crippen LogP contribution in [0.3, 0.4) is 0 Å². The van der Waals surface area contributed by atoms with E-state index in [0.717, 1.165) is 24.9 Å². The fourth-order valence-electron chi connectivity index (χ4n) is 5.83. The van der Waals surface area contributed by atoms with Gasteiger partial charge in [-0.25, -0.2) is 9.97 Å². The summed E-state index contributed by atoms with van der Waals surface area (Å²) in [6.45, 7) is 3.29. The molecule has 1 atom stereocenters. The Labute approximate surface area is 241 Å². The van der Waals surface area contributed by atoms with Gasteiger partial charge in [0.2, 0.25) is 0 Å². The highest BCUT2D eigenvalue weighted by Crippen LogP contribution is 2.33. The topological polar surface area (TPSA) is 105 Å². The number of fused-ring (bicyclic) bond motifs is 2. The summed E-state index contributed by atoms with van der Waals surface area (Å²) in [7, 11) is 0. The molecule has 0 aliphatic carbocycles. The van der Waals surface area contributed by atoms with Crippen LogP contribution in [0.4, 0.5) is 5.13 Å². The van der Waals surface area contributed by atoms with Crippen molar-refractivity contribution in [2.75, 3.05) is 18.0 Å². The van der Waals surface area contributed by atoms with E-state index in [1.54, 1.807) is 28.8 Å². The number of carbonyl (C=O) groups excluding carboxylic acids is 3. The van der Waals surface area contributed by atoms with E-state index >= 15 is 0 Å². The van der Waals surface area contributed by atoms with Crippen molar-refractivity contribution in [3.05, 3.63) is 87.5 Å². The molecule has 10 heteroatoms. The van der Waals surface area contributed by atoms with Gasteiger partial charge in [0, 0.05) is 32.5 Å². The van der Waals surface area contributed by atoms with Crippen LogP contribution in [-0.2, 0) is 24.2 Å². The zero-order valence-electron chi connectivity index (χ0n) is 22.9. The second kappa shape index (κ2) is 11.4. The Kier molecular flexibility index (Phi) is 7.49. The Morgan fingerprint density at radius 3 is 2.37 bits per heavy atom. The normalized spacial score (nSPS) is 16.7. The number of rotatable bonds is 10. The van der Waals surface area contributed by atoms with E-state index in [2.05, 4.69) is 4.98 Å². The zero-order chi connectivity index (χ0) is 28.5.